The van der Waals surface area contributed by atoms with Crippen molar-refractivity contribution in [2.24, 2.45) is 5.92 Å². The van der Waals surface area contributed by atoms with Crippen molar-refractivity contribution in [2.75, 3.05) is 20.3 Å². The van der Waals surface area contributed by atoms with Crippen molar-refractivity contribution in [1.82, 2.24) is 10.2 Å². The molecule has 1 aliphatic carbocycles. The number of halogens is 3. The molecule has 0 aromatic heterocycles. The van der Waals surface area contributed by atoms with Crippen LogP contribution < -0.4 is 14.8 Å². The molecular formula is C29H33Cl2IN2O7. The van der Waals surface area contributed by atoms with Crippen LogP contribution in [0.5, 0.6) is 11.5 Å². The molecule has 3 N–H and O–H groups in total. The van der Waals surface area contributed by atoms with E-state index in [0.717, 1.165) is 0 Å². The Kier molecular flexibility index (Phi) is 12.3. The standard InChI is InChI=1S/C29H33Cl2IN2O7/c1-16(2)8-26(37)34(14-18-4-5-20(30)13-21(18)31)23-11-19(29(39)33-6-7-35)12-24(27(23)38)41-28-22(32)9-17(15-36)10-25(28)40-3/h4-5,9-10,12-13,15-16,23-24,27,35,38H,6-8,11,14H2,1-3H3,(H,33,39)/t23-,24+,27+/m1/s1. The van der Waals surface area contributed by atoms with E-state index < -0.39 is 24.2 Å². The molecule has 2 aromatic rings. The molecule has 222 valence electrons. The van der Waals surface area contributed by atoms with E-state index in [1.807, 2.05) is 36.4 Å². The number of ether oxygens (including phenoxy) is 2. The van der Waals surface area contributed by atoms with Gasteiger partial charge in [0.2, 0.25) is 11.8 Å². The monoisotopic (exact) mass is 718 g/mol. The molecule has 0 spiro atoms. The molecule has 0 saturated heterocycles. The third-order valence-electron chi connectivity index (χ3n) is 6.52. The van der Waals surface area contributed by atoms with Gasteiger partial charge < -0.3 is 29.9 Å². The highest BCUT2D eigenvalue weighted by molar-refractivity contribution is 14.1. The number of nitrogens with one attached hydrogen (secondary N) is 1. The zero-order chi connectivity index (χ0) is 30.3. The Morgan fingerprint density at radius 2 is 1.98 bits per heavy atom. The molecule has 0 saturated carbocycles. The number of aliphatic hydroxyl groups is 2. The van der Waals surface area contributed by atoms with E-state index in [4.69, 9.17) is 32.7 Å². The Bertz CT molecular complexity index is 1300. The fraction of sp³-hybridized carbons (Fsp3) is 0.414. The summed E-state index contributed by atoms with van der Waals surface area (Å²) in [5, 5.41) is 24.4. The molecular weight excluding hydrogens is 686 g/mol. The van der Waals surface area contributed by atoms with Gasteiger partial charge in [-0.1, -0.05) is 43.1 Å². The predicted octanol–water partition coefficient (Wildman–Crippen LogP) is 4.41. The Hall–Kier alpha value is -2.38. The first-order valence-corrected chi connectivity index (χ1v) is 14.8. The van der Waals surface area contributed by atoms with Crippen LogP contribution in [0, 0.1) is 9.49 Å². The molecule has 0 aliphatic heterocycles. The number of rotatable bonds is 12. The summed E-state index contributed by atoms with van der Waals surface area (Å²) in [6.45, 7) is 3.68. The first kappa shape index (κ1) is 33.1. The van der Waals surface area contributed by atoms with E-state index in [1.54, 1.807) is 24.3 Å². The molecule has 0 bridgehead atoms. The van der Waals surface area contributed by atoms with Crippen LogP contribution in [0.2, 0.25) is 10.0 Å². The number of benzene rings is 2. The number of carbonyl (C=O) groups is 3. The quantitative estimate of drug-likeness (QED) is 0.219. The van der Waals surface area contributed by atoms with Crippen molar-refractivity contribution in [3.63, 3.8) is 0 Å². The minimum absolute atomic E-state index is 0.0310. The zero-order valence-corrected chi connectivity index (χ0v) is 26.6. The summed E-state index contributed by atoms with van der Waals surface area (Å²) in [4.78, 5) is 39.6. The lowest BCUT2D eigenvalue weighted by atomic mass is 9.87. The van der Waals surface area contributed by atoms with Crippen LogP contribution in [0.4, 0.5) is 0 Å². The lowest BCUT2D eigenvalue weighted by molar-refractivity contribution is -0.140. The third-order valence-corrected chi connectivity index (χ3v) is 7.90. The molecule has 0 unspecified atom stereocenters. The Balaban J connectivity index is 2.07. The predicted molar refractivity (Wildman–Crippen MR) is 165 cm³/mol. The summed E-state index contributed by atoms with van der Waals surface area (Å²) in [5.41, 5.74) is 1.28. The van der Waals surface area contributed by atoms with Crippen LogP contribution in [0.25, 0.3) is 0 Å². The second-order valence-electron chi connectivity index (χ2n) is 10.0. The van der Waals surface area contributed by atoms with E-state index in [-0.39, 0.29) is 61.4 Å². The van der Waals surface area contributed by atoms with E-state index in [2.05, 4.69) is 5.32 Å². The molecule has 9 nitrogen and oxygen atoms in total. The van der Waals surface area contributed by atoms with Crippen LogP contribution in [0.3, 0.4) is 0 Å². The second-order valence-corrected chi connectivity index (χ2v) is 12.0. The normalized spacial score (nSPS) is 18.5. The largest absolute Gasteiger partial charge is 0.493 e. The summed E-state index contributed by atoms with van der Waals surface area (Å²) in [6, 6.07) is 7.22. The van der Waals surface area contributed by atoms with Gasteiger partial charge in [-0.3, -0.25) is 14.4 Å². The van der Waals surface area contributed by atoms with Gasteiger partial charge in [0.05, 0.1) is 23.3 Å². The lowest BCUT2D eigenvalue weighted by Gasteiger charge is -2.41. The molecule has 3 rings (SSSR count). The first-order valence-electron chi connectivity index (χ1n) is 13.0. The van der Waals surface area contributed by atoms with Crippen LogP contribution in [-0.2, 0) is 16.1 Å². The molecule has 41 heavy (non-hydrogen) atoms. The number of hydrogen-bond acceptors (Lipinski definition) is 7. The number of aliphatic hydroxyl groups excluding tert-OH is 2. The first-order chi connectivity index (χ1) is 19.5. The van der Waals surface area contributed by atoms with Gasteiger partial charge in [0.15, 0.2) is 11.5 Å². The summed E-state index contributed by atoms with van der Waals surface area (Å²) in [7, 11) is 1.43. The smallest absolute Gasteiger partial charge is 0.247 e. The number of amides is 2. The van der Waals surface area contributed by atoms with Gasteiger partial charge in [-0.05, 0) is 64.4 Å². The van der Waals surface area contributed by atoms with Gasteiger partial charge in [0, 0.05) is 47.1 Å². The van der Waals surface area contributed by atoms with Gasteiger partial charge in [-0.15, -0.1) is 0 Å². The van der Waals surface area contributed by atoms with Crippen LogP contribution in [-0.4, -0.2) is 71.7 Å². The highest BCUT2D eigenvalue weighted by Gasteiger charge is 2.41. The lowest BCUT2D eigenvalue weighted by Crippen LogP contribution is -2.55. The number of aldehydes is 1. The maximum atomic E-state index is 13.6. The van der Waals surface area contributed by atoms with Gasteiger partial charge in [0.25, 0.3) is 0 Å². The average molecular weight is 719 g/mol. The maximum Gasteiger partial charge on any atom is 0.247 e. The topological polar surface area (TPSA) is 125 Å². The van der Waals surface area contributed by atoms with Gasteiger partial charge in [0.1, 0.15) is 18.5 Å². The second kappa shape index (κ2) is 15.2. The van der Waals surface area contributed by atoms with Crippen molar-refractivity contribution in [2.45, 2.75) is 51.5 Å². The highest BCUT2D eigenvalue weighted by Crippen LogP contribution is 2.37. The number of nitrogens with zero attached hydrogens (tertiary/aromatic N) is 1. The molecule has 1 aliphatic rings. The molecule has 2 aromatic carbocycles. The zero-order valence-electron chi connectivity index (χ0n) is 22.9. The minimum Gasteiger partial charge on any atom is -0.493 e. The van der Waals surface area contributed by atoms with Gasteiger partial charge in [-0.2, -0.15) is 0 Å². The van der Waals surface area contributed by atoms with Crippen molar-refractivity contribution in [3.05, 3.63) is 66.7 Å². The van der Waals surface area contributed by atoms with Crippen LogP contribution in [0.15, 0.2) is 42.0 Å². The summed E-state index contributed by atoms with van der Waals surface area (Å²) in [6.07, 6.45) is 0.113. The summed E-state index contributed by atoms with van der Waals surface area (Å²) < 4.78 is 12.2. The highest BCUT2D eigenvalue weighted by atomic mass is 127. The van der Waals surface area contributed by atoms with Gasteiger partial charge >= 0.3 is 0 Å². The Morgan fingerprint density at radius 1 is 1.24 bits per heavy atom. The van der Waals surface area contributed by atoms with E-state index in [9.17, 15) is 24.6 Å². The summed E-state index contributed by atoms with van der Waals surface area (Å²) in [5.74, 6) is -0.107. The van der Waals surface area contributed by atoms with E-state index >= 15 is 0 Å². The SMILES string of the molecule is COc1cc(C=O)cc(I)c1O[C@H]1C=C(C(=O)NCCO)C[C@@H](N(Cc2ccc(Cl)cc2Cl)C(=O)CC(C)C)[C@@H]1O. The summed E-state index contributed by atoms with van der Waals surface area (Å²) >= 11 is 14.5. The number of methoxy groups -OCH3 is 1. The van der Waals surface area contributed by atoms with Crippen LogP contribution in [0.1, 0.15) is 42.6 Å². The average Bonchev–Trinajstić information content (AvgIpc) is 2.92. The van der Waals surface area contributed by atoms with Crippen molar-refractivity contribution < 1.29 is 34.1 Å². The Labute approximate surface area is 262 Å². The number of hydrogen-bond donors (Lipinski definition) is 3. The molecule has 0 radical (unpaired) electrons. The molecule has 0 fully saturated rings. The Morgan fingerprint density at radius 3 is 2.59 bits per heavy atom. The van der Waals surface area contributed by atoms with Crippen molar-refractivity contribution in [1.29, 1.82) is 0 Å². The third kappa shape index (κ3) is 8.57. The van der Waals surface area contributed by atoms with Crippen molar-refractivity contribution in [3.8, 4) is 11.5 Å². The fourth-order valence-electron chi connectivity index (χ4n) is 4.53. The molecule has 0 heterocycles. The van der Waals surface area contributed by atoms with E-state index in [0.29, 0.717) is 31.0 Å². The maximum absolute atomic E-state index is 13.6. The minimum atomic E-state index is -1.25. The van der Waals surface area contributed by atoms with Crippen LogP contribution >= 0.6 is 45.8 Å². The van der Waals surface area contributed by atoms with Crippen molar-refractivity contribution >= 4 is 63.9 Å². The molecule has 3 atom stereocenters. The molecule has 2 amide bonds. The van der Waals surface area contributed by atoms with Gasteiger partial charge in [-0.25, -0.2) is 0 Å². The molecule has 12 heteroatoms. The fourth-order valence-corrected chi connectivity index (χ4v) is 5.75. The van der Waals surface area contributed by atoms with E-state index in [1.165, 1.54) is 24.2 Å². The number of carbonyl (C=O) groups excluding carboxylic acids is 3.